The number of H-pyrrole nitrogens is 1. The van der Waals surface area contributed by atoms with Crippen molar-refractivity contribution < 1.29 is 4.74 Å². The Morgan fingerprint density at radius 1 is 1.03 bits per heavy atom. The molecule has 0 aliphatic carbocycles. The zero-order chi connectivity index (χ0) is 25.7. The van der Waals surface area contributed by atoms with Crippen molar-refractivity contribution in [2.45, 2.75) is 71.4 Å². The van der Waals surface area contributed by atoms with Gasteiger partial charge in [0.15, 0.2) is 5.65 Å². The number of ether oxygens (including phenoxy) is 1. The first kappa shape index (κ1) is 24.4. The molecule has 6 heterocycles. The van der Waals surface area contributed by atoms with Crippen molar-refractivity contribution in [2.24, 2.45) is 0 Å². The van der Waals surface area contributed by atoms with Crippen LogP contribution in [0, 0.1) is 13.8 Å². The van der Waals surface area contributed by atoms with E-state index < -0.39 is 0 Å². The first-order valence-electron chi connectivity index (χ1n) is 13.8. The third-order valence-corrected chi connectivity index (χ3v) is 8.77. The highest BCUT2D eigenvalue weighted by Crippen LogP contribution is 2.38. The van der Waals surface area contributed by atoms with Crippen LogP contribution in [0.3, 0.4) is 0 Å². The number of fused-ring (bicyclic) bond motifs is 2. The Bertz CT molecular complexity index is 1410. The van der Waals surface area contributed by atoms with Crippen LogP contribution in [0.5, 0.6) is 0 Å². The Morgan fingerprint density at radius 3 is 2.49 bits per heavy atom. The Labute approximate surface area is 219 Å². The summed E-state index contributed by atoms with van der Waals surface area (Å²) < 4.78 is 7.46. The van der Waals surface area contributed by atoms with Gasteiger partial charge in [-0.3, -0.25) is 0 Å². The van der Waals surface area contributed by atoms with Crippen molar-refractivity contribution in [1.82, 2.24) is 29.5 Å². The van der Waals surface area contributed by atoms with E-state index in [0.29, 0.717) is 18.0 Å². The Hall–Kier alpha value is -2.97. The summed E-state index contributed by atoms with van der Waals surface area (Å²) in [5.74, 6) is 1.42. The fourth-order valence-corrected chi connectivity index (χ4v) is 6.37. The van der Waals surface area contributed by atoms with Crippen molar-refractivity contribution in [3.63, 3.8) is 0 Å². The molecule has 0 saturated carbocycles. The van der Waals surface area contributed by atoms with E-state index in [1.165, 1.54) is 24.0 Å². The van der Waals surface area contributed by atoms with Crippen LogP contribution in [-0.2, 0) is 4.74 Å². The summed E-state index contributed by atoms with van der Waals surface area (Å²) in [6, 6.07) is 5.71. The van der Waals surface area contributed by atoms with E-state index in [1.54, 1.807) is 6.33 Å². The zero-order valence-corrected chi connectivity index (χ0v) is 22.8. The minimum absolute atomic E-state index is 0.330. The lowest BCUT2D eigenvalue weighted by Gasteiger charge is -2.41. The maximum absolute atomic E-state index is 5.58. The largest absolute Gasteiger partial charge is 0.381 e. The number of rotatable bonds is 5. The summed E-state index contributed by atoms with van der Waals surface area (Å²) in [5, 5.41) is 4.42. The fraction of sp³-hybridized carbons (Fsp3) is 0.552. The highest BCUT2D eigenvalue weighted by molar-refractivity contribution is 5.90. The van der Waals surface area contributed by atoms with Gasteiger partial charge < -0.3 is 19.5 Å². The fourth-order valence-electron chi connectivity index (χ4n) is 6.37. The molecular formula is C29H39N7O. The van der Waals surface area contributed by atoms with Crippen molar-refractivity contribution in [3.8, 4) is 11.3 Å². The van der Waals surface area contributed by atoms with Crippen molar-refractivity contribution in [1.29, 1.82) is 0 Å². The van der Waals surface area contributed by atoms with Gasteiger partial charge in [0.05, 0.1) is 16.7 Å². The molecule has 0 unspecified atom stereocenters. The van der Waals surface area contributed by atoms with E-state index in [9.17, 15) is 0 Å². The standard InChI is InChI=1S/C29H39N7O/c1-18(2)26-27(23-16-36-29(30-17-31-36)20(4)19(23)3)32-24-6-7-25(33-28(24)26)35-12-8-21(9-13-35)34(5)22-10-14-37-15-11-22/h6-7,16-18,21-22,32H,8-15H2,1-5H3. The minimum Gasteiger partial charge on any atom is -0.381 e. The van der Waals surface area contributed by atoms with E-state index in [2.05, 4.69) is 77.9 Å². The molecule has 8 nitrogen and oxygen atoms in total. The molecule has 196 valence electrons. The Balaban J connectivity index is 1.29. The quantitative estimate of drug-likeness (QED) is 0.411. The number of piperidine rings is 1. The third kappa shape index (κ3) is 4.30. The predicted molar refractivity (Wildman–Crippen MR) is 148 cm³/mol. The van der Waals surface area contributed by atoms with Gasteiger partial charge in [-0.2, -0.15) is 5.10 Å². The SMILES string of the molecule is Cc1c(-c2[nH]c3ccc(N4CCC(N(C)C5CCOCC5)CC4)nc3c2C(C)C)cn2ncnc2c1C. The lowest BCUT2D eigenvalue weighted by atomic mass is 9.95. The maximum Gasteiger partial charge on any atom is 0.158 e. The van der Waals surface area contributed by atoms with Gasteiger partial charge in [0, 0.05) is 55.7 Å². The summed E-state index contributed by atoms with van der Waals surface area (Å²) in [6.07, 6.45) is 8.40. The van der Waals surface area contributed by atoms with E-state index in [-0.39, 0.29) is 0 Å². The van der Waals surface area contributed by atoms with Gasteiger partial charge in [0.2, 0.25) is 0 Å². The molecule has 2 aliphatic rings. The van der Waals surface area contributed by atoms with Crippen molar-refractivity contribution >= 4 is 22.5 Å². The molecule has 0 bridgehead atoms. The average molecular weight is 502 g/mol. The second kappa shape index (κ2) is 9.72. The normalized spacial score (nSPS) is 18.2. The van der Waals surface area contributed by atoms with Crippen molar-refractivity contribution in [2.75, 3.05) is 38.3 Å². The molecule has 37 heavy (non-hydrogen) atoms. The van der Waals surface area contributed by atoms with Crippen LogP contribution < -0.4 is 4.90 Å². The Morgan fingerprint density at radius 2 is 1.76 bits per heavy atom. The van der Waals surface area contributed by atoms with Gasteiger partial charge in [0.25, 0.3) is 0 Å². The number of hydrogen-bond donors (Lipinski definition) is 1. The molecule has 2 saturated heterocycles. The summed E-state index contributed by atoms with van der Waals surface area (Å²) in [5.41, 5.74) is 9.05. The number of nitrogens with zero attached hydrogens (tertiary/aromatic N) is 6. The summed E-state index contributed by atoms with van der Waals surface area (Å²) in [6.45, 7) is 12.7. The first-order chi connectivity index (χ1) is 17.9. The number of hydrogen-bond acceptors (Lipinski definition) is 6. The van der Waals surface area contributed by atoms with Gasteiger partial charge in [-0.25, -0.2) is 14.5 Å². The van der Waals surface area contributed by atoms with Crippen LogP contribution >= 0.6 is 0 Å². The number of pyridine rings is 2. The topological polar surface area (TPSA) is 74.6 Å². The molecule has 0 amide bonds. The van der Waals surface area contributed by atoms with Crippen LogP contribution in [0.1, 0.15) is 62.1 Å². The average Bonchev–Trinajstić information content (AvgIpc) is 3.55. The maximum atomic E-state index is 5.58. The molecule has 4 aromatic rings. The van der Waals surface area contributed by atoms with Crippen LogP contribution in [0.2, 0.25) is 0 Å². The molecule has 1 N–H and O–H groups in total. The lowest BCUT2D eigenvalue weighted by Crippen LogP contribution is -2.48. The van der Waals surface area contributed by atoms with E-state index in [1.807, 2.05) is 4.52 Å². The second-order valence-electron chi connectivity index (χ2n) is 11.2. The minimum atomic E-state index is 0.330. The van der Waals surface area contributed by atoms with E-state index in [0.717, 1.165) is 78.5 Å². The number of aryl methyl sites for hydroxylation is 1. The van der Waals surface area contributed by atoms with Gasteiger partial charge in [-0.1, -0.05) is 13.8 Å². The number of aromatic amines is 1. The second-order valence-corrected chi connectivity index (χ2v) is 11.2. The highest BCUT2D eigenvalue weighted by Gasteiger charge is 2.29. The predicted octanol–water partition coefficient (Wildman–Crippen LogP) is 5.09. The number of anilines is 1. The molecule has 2 fully saturated rings. The molecule has 0 atom stereocenters. The van der Waals surface area contributed by atoms with Gasteiger partial charge >= 0.3 is 0 Å². The Kier molecular flexibility index (Phi) is 6.41. The van der Waals surface area contributed by atoms with Crippen LogP contribution in [0.15, 0.2) is 24.7 Å². The molecule has 0 radical (unpaired) electrons. The molecule has 4 aromatic heterocycles. The van der Waals surface area contributed by atoms with Gasteiger partial charge in [-0.15, -0.1) is 0 Å². The van der Waals surface area contributed by atoms with Gasteiger partial charge in [-0.05, 0) is 75.8 Å². The van der Waals surface area contributed by atoms with Crippen molar-refractivity contribution in [3.05, 3.63) is 41.3 Å². The monoisotopic (exact) mass is 501 g/mol. The molecular weight excluding hydrogens is 462 g/mol. The van der Waals surface area contributed by atoms with Crippen LogP contribution in [0.4, 0.5) is 5.82 Å². The summed E-state index contributed by atoms with van der Waals surface area (Å²) >= 11 is 0. The molecule has 0 aromatic carbocycles. The van der Waals surface area contributed by atoms with Crippen LogP contribution in [0.25, 0.3) is 27.9 Å². The van der Waals surface area contributed by atoms with E-state index >= 15 is 0 Å². The molecule has 6 rings (SSSR count). The zero-order valence-electron chi connectivity index (χ0n) is 22.8. The number of nitrogens with one attached hydrogen (secondary N) is 1. The van der Waals surface area contributed by atoms with Crippen LogP contribution in [-0.4, -0.2) is 74.9 Å². The lowest BCUT2D eigenvalue weighted by molar-refractivity contribution is 0.0244. The first-order valence-corrected chi connectivity index (χ1v) is 13.8. The van der Waals surface area contributed by atoms with E-state index in [4.69, 9.17) is 9.72 Å². The smallest absolute Gasteiger partial charge is 0.158 e. The highest BCUT2D eigenvalue weighted by atomic mass is 16.5. The van der Waals surface area contributed by atoms with Gasteiger partial charge in [0.1, 0.15) is 12.1 Å². The molecule has 8 heteroatoms. The summed E-state index contributed by atoms with van der Waals surface area (Å²) in [4.78, 5) is 18.5. The number of aromatic nitrogens is 5. The molecule has 0 spiro atoms. The summed E-state index contributed by atoms with van der Waals surface area (Å²) in [7, 11) is 2.32. The molecule has 2 aliphatic heterocycles. The third-order valence-electron chi connectivity index (χ3n) is 8.77.